The molecule has 0 aliphatic carbocycles. The zero-order valence-electron chi connectivity index (χ0n) is 43.9. The molecule has 4 aromatic carbocycles. The molecule has 0 spiro atoms. The molecule has 388 valence electrons. The van der Waals surface area contributed by atoms with E-state index in [4.69, 9.17) is 28.4 Å². The molecule has 0 saturated carbocycles. The zero-order chi connectivity index (χ0) is 49.1. The average Bonchev–Trinajstić information content (AvgIpc) is 3.41. The summed E-state index contributed by atoms with van der Waals surface area (Å²) in [6.07, 6.45) is 33.5. The highest BCUT2D eigenvalue weighted by atomic mass is 16.6. The lowest BCUT2D eigenvalue weighted by Crippen LogP contribution is -2.27. The van der Waals surface area contributed by atoms with E-state index in [0.29, 0.717) is 59.5 Å². The molecule has 0 aliphatic heterocycles. The number of nitrogens with zero attached hydrogens (tertiary/aromatic N) is 2. The molecule has 2 heterocycles. The van der Waals surface area contributed by atoms with E-state index in [9.17, 15) is 0 Å². The van der Waals surface area contributed by atoms with Crippen LogP contribution >= 0.6 is 0 Å². The third kappa shape index (κ3) is 21.9. The lowest BCUT2D eigenvalue weighted by Gasteiger charge is -2.18. The van der Waals surface area contributed by atoms with Crippen LogP contribution in [0.4, 0.5) is 0 Å². The van der Waals surface area contributed by atoms with Crippen molar-refractivity contribution in [3.63, 3.8) is 0 Å². The molecule has 0 fully saturated rings. The molecule has 71 heavy (non-hydrogen) atoms. The first-order chi connectivity index (χ1) is 35.3. The Balaban J connectivity index is 0.776. The molecule has 0 aliphatic rings. The van der Waals surface area contributed by atoms with Gasteiger partial charge in [0.2, 0.25) is 0 Å². The maximum absolute atomic E-state index is 6.36. The highest BCUT2D eigenvalue weighted by Gasteiger charge is 2.12. The van der Waals surface area contributed by atoms with Crippen molar-refractivity contribution in [2.75, 3.05) is 66.1 Å². The van der Waals surface area contributed by atoms with E-state index >= 15 is 0 Å². The monoisotopic (exact) mass is 971 g/mol. The van der Waals surface area contributed by atoms with Gasteiger partial charge in [0.1, 0.15) is 6.10 Å². The standard InChI is InChI=1S/C63H90N2O6/c1-2-3-4-5-6-7-8-9-10-11-12-13-14-17-20-25-42-68-51-58(52-70-49-47-67-45-44-66-46-48-69-50-57-32-28-34-61(65-57)60-33-23-24-41-64-60)71-43-26-21-18-15-16-19-22-29-53-35-36-56-38-37-54-30-27-31-55-39-40-59(53)63(56)62(54)55/h23-24,27-28,30-41,58H,2-22,25-26,29,42-52H2,1H3. The van der Waals surface area contributed by atoms with Crippen molar-refractivity contribution in [2.24, 2.45) is 0 Å². The Morgan fingerprint density at radius 2 is 0.901 bits per heavy atom. The van der Waals surface area contributed by atoms with Gasteiger partial charge in [-0.1, -0.05) is 202 Å². The number of pyridine rings is 2. The van der Waals surface area contributed by atoms with E-state index in [0.717, 1.165) is 49.6 Å². The minimum absolute atomic E-state index is 0.0631. The molecule has 0 bridgehead atoms. The molecule has 8 nitrogen and oxygen atoms in total. The van der Waals surface area contributed by atoms with Crippen molar-refractivity contribution < 1.29 is 28.4 Å². The second kappa shape index (κ2) is 36.0. The number of unbranched alkanes of at least 4 members (excludes halogenated alkanes) is 21. The molecule has 0 saturated heterocycles. The minimum atomic E-state index is -0.0631. The van der Waals surface area contributed by atoms with Gasteiger partial charge in [-0.05, 0) is 87.8 Å². The number of benzene rings is 4. The van der Waals surface area contributed by atoms with E-state index in [2.05, 4.69) is 71.5 Å². The summed E-state index contributed by atoms with van der Waals surface area (Å²) in [6.45, 7) is 8.41. The number of aromatic nitrogens is 2. The second-order valence-corrected chi connectivity index (χ2v) is 19.8. The molecule has 6 aromatic rings. The molecular weight excluding hydrogens is 881 g/mol. The van der Waals surface area contributed by atoms with Gasteiger partial charge >= 0.3 is 0 Å². The molecule has 0 amide bonds. The predicted octanol–water partition coefficient (Wildman–Crippen LogP) is 16.2. The summed E-state index contributed by atoms with van der Waals surface area (Å²) < 4.78 is 35.9. The summed E-state index contributed by atoms with van der Waals surface area (Å²) >= 11 is 0. The van der Waals surface area contributed by atoms with Gasteiger partial charge in [0.25, 0.3) is 0 Å². The Morgan fingerprint density at radius 3 is 1.54 bits per heavy atom. The van der Waals surface area contributed by atoms with Crippen LogP contribution in [0, 0.1) is 0 Å². The summed E-state index contributed by atoms with van der Waals surface area (Å²) in [5.41, 5.74) is 4.06. The fourth-order valence-corrected chi connectivity index (χ4v) is 9.84. The molecular formula is C63H90N2O6. The van der Waals surface area contributed by atoms with Crippen molar-refractivity contribution in [3.8, 4) is 11.4 Å². The maximum Gasteiger partial charge on any atom is 0.104 e. The molecule has 0 N–H and O–H groups in total. The van der Waals surface area contributed by atoms with Crippen LogP contribution in [0.15, 0.2) is 97.2 Å². The van der Waals surface area contributed by atoms with Crippen LogP contribution in [0.25, 0.3) is 43.7 Å². The molecule has 0 radical (unpaired) electrons. The van der Waals surface area contributed by atoms with Gasteiger partial charge in [0.15, 0.2) is 0 Å². The topological polar surface area (TPSA) is 81.2 Å². The van der Waals surface area contributed by atoms with Gasteiger partial charge in [-0.2, -0.15) is 0 Å². The van der Waals surface area contributed by atoms with E-state index in [1.54, 1.807) is 6.20 Å². The molecule has 1 unspecified atom stereocenters. The molecule has 1 atom stereocenters. The predicted molar refractivity (Wildman–Crippen MR) is 296 cm³/mol. The fourth-order valence-electron chi connectivity index (χ4n) is 9.84. The number of hydrogen-bond acceptors (Lipinski definition) is 8. The van der Waals surface area contributed by atoms with Crippen molar-refractivity contribution in [3.05, 3.63) is 108 Å². The third-order valence-electron chi connectivity index (χ3n) is 13.9. The fraction of sp³-hybridized carbons (Fsp3) is 0.587. The van der Waals surface area contributed by atoms with E-state index < -0.39 is 0 Å². The van der Waals surface area contributed by atoms with E-state index in [1.165, 1.54) is 173 Å². The SMILES string of the molecule is CCCCCCCCCCCCCCCCCCOCC(COCCOCCOCCOCc1cccc(-c2ccccn2)n1)OCCCCCCCCCc1ccc2ccc3cccc4ccc1c2c34. The van der Waals surface area contributed by atoms with E-state index in [-0.39, 0.29) is 6.10 Å². The molecule has 6 rings (SSSR count). The first-order valence-corrected chi connectivity index (χ1v) is 28.3. The normalized spacial score (nSPS) is 12.3. The largest absolute Gasteiger partial charge is 0.379 e. The van der Waals surface area contributed by atoms with Crippen LogP contribution < -0.4 is 0 Å². The first kappa shape index (κ1) is 56.3. The second-order valence-electron chi connectivity index (χ2n) is 19.8. The minimum Gasteiger partial charge on any atom is -0.379 e. The van der Waals surface area contributed by atoms with Crippen molar-refractivity contribution in [2.45, 2.75) is 174 Å². The number of hydrogen-bond donors (Lipinski definition) is 0. The summed E-state index contributed by atoms with van der Waals surface area (Å²) in [6, 6.07) is 32.3. The Bertz CT molecular complexity index is 2220. The van der Waals surface area contributed by atoms with Gasteiger partial charge in [0.05, 0.1) is 76.5 Å². The van der Waals surface area contributed by atoms with Crippen LogP contribution in [-0.4, -0.2) is 82.1 Å². The van der Waals surface area contributed by atoms with Gasteiger partial charge in [-0.3, -0.25) is 4.98 Å². The van der Waals surface area contributed by atoms with E-state index in [1.807, 2.05) is 36.4 Å². The average molecular weight is 971 g/mol. The highest BCUT2D eigenvalue weighted by Crippen LogP contribution is 2.36. The third-order valence-corrected chi connectivity index (χ3v) is 13.9. The van der Waals surface area contributed by atoms with Gasteiger partial charge in [-0.25, -0.2) is 4.98 Å². The van der Waals surface area contributed by atoms with Crippen molar-refractivity contribution in [1.82, 2.24) is 9.97 Å². The molecule has 8 heteroatoms. The smallest absolute Gasteiger partial charge is 0.104 e. The Hall–Kier alpha value is -4.02. The van der Waals surface area contributed by atoms with Crippen molar-refractivity contribution in [1.29, 1.82) is 0 Å². The zero-order valence-corrected chi connectivity index (χ0v) is 43.9. The maximum atomic E-state index is 6.36. The summed E-state index contributed by atoms with van der Waals surface area (Å²) in [7, 11) is 0. The van der Waals surface area contributed by atoms with Crippen molar-refractivity contribution >= 4 is 32.3 Å². The Kier molecular flexibility index (Phi) is 28.5. The summed E-state index contributed by atoms with van der Waals surface area (Å²) in [5, 5.41) is 8.33. The van der Waals surface area contributed by atoms with Crippen LogP contribution in [0.5, 0.6) is 0 Å². The van der Waals surface area contributed by atoms with Crippen LogP contribution in [-0.2, 0) is 41.4 Å². The number of aryl methyl sites for hydroxylation is 1. The Morgan fingerprint density at radius 1 is 0.394 bits per heavy atom. The number of ether oxygens (including phenoxy) is 6. The van der Waals surface area contributed by atoms with Crippen LogP contribution in [0.3, 0.4) is 0 Å². The summed E-state index contributed by atoms with van der Waals surface area (Å²) in [4.78, 5) is 9.06. The first-order valence-electron chi connectivity index (χ1n) is 28.3. The summed E-state index contributed by atoms with van der Waals surface area (Å²) in [5.74, 6) is 0. The van der Waals surface area contributed by atoms with Crippen LogP contribution in [0.2, 0.25) is 0 Å². The van der Waals surface area contributed by atoms with Gasteiger partial charge < -0.3 is 28.4 Å². The lowest BCUT2D eigenvalue weighted by atomic mass is 9.90. The lowest BCUT2D eigenvalue weighted by molar-refractivity contribution is -0.0701. The quantitative estimate of drug-likeness (QED) is 0.0277. The highest BCUT2D eigenvalue weighted by molar-refractivity contribution is 6.23. The number of rotatable bonds is 44. The van der Waals surface area contributed by atoms with Crippen LogP contribution in [0.1, 0.15) is 166 Å². The molecule has 2 aromatic heterocycles. The Labute approximate surface area is 428 Å². The van der Waals surface area contributed by atoms with Gasteiger partial charge in [-0.15, -0.1) is 0 Å². The van der Waals surface area contributed by atoms with Gasteiger partial charge in [0, 0.05) is 19.4 Å².